The van der Waals surface area contributed by atoms with Crippen LogP contribution in [0.15, 0.2) is 59.8 Å². The van der Waals surface area contributed by atoms with Crippen LogP contribution in [0.3, 0.4) is 0 Å². The van der Waals surface area contributed by atoms with Crippen LogP contribution in [0.5, 0.6) is 0 Å². The van der Waals surface area contributed by atoms with Crippen LogP contribution in [0.4, 0.5) is 0 Å². The van der Waals surface area contributed by atoms with E-state index in [9.17, 15) is 9.59 Å². The Hall–Kier alpha value is -2.34. The van der Waals surface area contributed by atoms with Gasteiger partial charge in [-0.1, -0.05) is 18.2 Å². The molecule has 1 aromatic carbocycles. The van der Waals surface area contributed by atoms with Crippen LogP contribution in [-0.2, 0) is 9.53 Å². The molecule has 0 aliphatic rings. The Morgan fingerprint density at radius 2 is 1.96 bits per heavy atom. The minimum absolute atomic E-state index is 0.278. The van der Waals surface area contributed by atoms with E-state index in [0.29, 0.717) is 12.1 Å². The lowest BCUT2D eigenvalue weighted by molar-refractivity contribution is -0.124. The first-order valence-electron chi connectivity index (χ1n) is 7.27. The Kier molecular flexibility index (Phi) is 7.13. The third-order valence-electron chi connectivity index (χ3n) is 2.89. The average Bonchev–Trinajstić information content (AvgIpc) is 2.61. The molecule has 1 N–H and O–H groups in total. The minimum atomic E-state index is -0.548. The molecule has 0 spiro atoms. The first kappa shape index (κ1) is 17.0. The highest BCUT2D eigenvalue weighted by Gasteiger charge is 2.09. The van der Waals surface area contributed by atoms with E-state index < -0.39 is 5.97 Å². The van der Waals surface area contributed by atoms with Crippen molar-refractivity contribution in [1.29, 1.82) is 0 Å². The van der Waals surface area contributed by atoms with Gasteiger partial charge in [0, 0.05) is 23.8 Å². The van der Waals surface area contributed by atoms with Gasteiger partial charge in [-0.15, -0.1) is 11.8 Å². The fourth-order valence-electron chi connectivity index (χ4n) is 1.76. The standard InChI is InChI=1S/C17H18N2O3S/c20-16(13-22-17(21)14-6-4-9-18-12-14)19-10-5-11-23-15-7-2-1-3-8-15/h1-4,6-9,12H,5,10-11,13H2,(H,19,20). The number of nitrogens with one attached hydrogen (secondary N) is 1. The van der Waals surface area contributed by atoms with Crippen molar-refractivity contribution in [2.24, 2.45) is 0 Å². The fourth-order valence-corrected chi connectivity index (χ4v) is 2.63. The van der Waals surface area contributed by atoms with Gasteiger partial charge in [-0.2, -0.15) is 0 Å². The van der Waals surface area contributed by atoms with E-state index in [2.05, 4.69) is 22.4 Å². The van der Waals surface area contributed by atoms with Gasteiger partial charge in [-0.05, 0) is 36.4 Å². The molecule has 0 saturated carbocycles. The van der Waals surface area contributed by atoms with Gasteiger partial charge in [0.05, 0.1) is 5.56 Å². The van der Waals surface area contributed by atoms with Crippen molar-refractivity contribution in [3.63, 3.8) is 0 Å². The highest BCUT2D eigenvalue weighted by atomic mass is 32.2. The highest BCUT2D eigenvalue weighted by molar-refractivity contribution is 7.99. The number of pyridine rings is 1. The summed E-state index contributed by atoms with van der Waals surface area (Å²) in [5, 5.41) is 2.73. The maximum atomic E-state index is 11.6. The third kappa shape index (κ3) is 6.52. The fraction of sp³-hybridized carbons (Fsp3) is 0.235. The van der Waals surface area contributed by atoms with Crippen LogP contribution < -0.4 is 5.32 Å². The number of rotatable bonds is 8. The van der Waals surface area contributed by atoms with E-state index in [1.165, 1.54) is 11.1 Å². The first-order valence-corrected chi connectivity index (χ1v) is 8.26. The van der Waals surface area contributed by atoms with Gasteiger partial charge in [-0.3, -0.25) is 9.78 Å². The Balaban J connectivity index is 1.56. The smallest absolute Gasteiger partial charge is 0.340 e. The highest BCUT2D eigenvalue weighted by Crippen LogP contribution is 2.17. The molecule has 120 valence electrons. The van der Waals surface area contributed by atoms with Gasteiger partial charge in [0.2, 0.25) is 0 Å². The molecule has 0 saturated heterocycles. The number of hydrogen-bond acceptors (Lipinski definition) is 5. The quantitative estimate of drug-likeness (QED) is 0.458. The summed E-state index contributed by atoms with van der Waals surface area (Å²) in [6.45, 7) is 0.280. The summed E-state index contributed by atoms with van der Waals surface area (Å²) in [5.41, 5.74) is 0.333. The molecule has 0 aliphatic carbocycles. The number of thioether (sulfide) groups is 1. The van der Waals surface area contributed by atoms with Crippen molar-refractivity contribution in [3.8, 4) is 0 Å². The maximum Gasteiger partial charge on any atom is 0.340 e. The van der Waals surface area contributed by atoms with E-state index in [1.807, 2.05) is 18.2 Å². The molecule has 23 heavy (non-hydrogen) atoms. The van der Waals surface area contributed by atoms with Crippen LogP contribution in [0.25, 0.3) is 0 Å². The maximum absolute atomic E-state index is 11.6. The van der Waals surface area contributed by atoms with Crippen molar-refractivity contribution < 1.29 is 14.3 Å². The molecule has 6 heteroatoms. The third-order valence-corrected chi connectivity index (χ3v) is 3.99. The summed E-state index contributed by atoms with van der Waals surface area (Å²) in [7, 11) is 0. The molecule has 0 radical (unpaired) electrons. The summed E-state index contributed by atoms with van der Waals surface area (Å²) in [6, 6.07) is 13.3. The average molecular weight is 330 g/mol. The molecule has 0 fully saturated rings. The number of carbonyl (C=O) groups is 2. The Labute approximate surface area is 139 Å². The molecule has 1 heterocycles. The Morgan fingerprint density at radius 1 is 1.13 bits per heavy atom. The van der Waals surface area contributed by atoms with E-state index in [0.717, 1.165) is 12.2 Å². The second-order valence-electron chi connectivity index (χ2n) is 4.68. The number of nitrogens with zero attached hydrogens (tertiary/aromatic N) is 1. The van der Waals surface area contributed by atoms with E-state index >= 15 is 0 Å². The zero-order valence-electron chi connectivity index (χ0n) is 12.6. The zero-order valence-corrected chi connectivity index (χ0v) is 13.4. The minimum Gasteiger partial charge on any atom is -0.452 e. The molecule has 0 bridgehead atoms. The summed E-state index contributed by atoms with van der Waals surface area (Å²) in [5.74, 6) is 0.0691. The Bertz CT molecular complexity index is 620. The Morgan fingerprint density at radius 3 is 2.70 bits per heavy atom. The first-order chi connectivity index (χ1) is 11.3. The summed E-state index contributed by atoms with van der Waals surface area (Å²) in [6.07, 6.45) is 3.82. The van der Waals surface area contributed by atoms with Gasteiger partial charge in [-0.25, -0.2) is 4.79 Å². The van der Waals surface area contributed by atoms with E-state index in [1.54, 1.807) is 30.1 Å². The second-order valence-corrected chi connectivity index (χ2v) is 5.85. The number of carbonyl (C=O) groups excluding carboxylic acids is 2. The molecule has 2 aromatic rings. The van der Waals surface area contributed by atoms with Gasteiger partial charge in [0.1, 0.15) is 0 Å². The van der Waals surface area contributed by atoms with Crippen molar-refractivity contribution in [1.82, 2.24) is 10.3 Å². The molecule has 1 aromatic heterocycles. The molecular formula is C17H18N2O3S. The van der Waals surface area contributed by atoms with E-state index in [4.69, 9.17) is 4.74 Å². The predicted octanol–water partition coefficient (Wildman–Crippen LogP) is 2.54. The normalized spacial score (nSPS) is 10.1. The topological polar surface area (TPSA) is 68.3 Å². The van der Waals surface area contributed by atoms with Crippen molar-refractivity contribution in [3.05, 3.63) is 60.4 Å². The summed E-state index contributed by atoms with van der Waals surface area (Å²) < 4.78 is 4.92. The van der Waals surface area contributed by atoms with Gasteiger partial charge in [0.15, 0.2) is 6.61 Å². The number of ether oxygens (including phenoxy) is 1. The van der Waals surface area contributed by atoms with Crippen LogP contribution in [-0.4, -0.2) is 35.8 Å². The second kappa shape index (κ2) is 9.63. The lowest BCUT2D eigenvalue weighted by atomic mass is 10.3. The molecule has 5 nitrogen and oxygen atoms in total. The molecular weight excluding hydrogens is 312 g/mol. The number of aromatic nitrogens is 1. The van der Waals surface area contributed by atoms with Crippen molar-refractivity contribution in [2.45, 2.75) is 11.3 Å². The van der Waals surface area contributed by atoms with Gasteiger partial charge < -0.3 is 10.1 Å². The van der Waals surface area contributed by atoms with Gasteiger partial charge in [0.25, 0.3) is 5.91 Å². The summed E-state index contributed by atoms with van der Waals surface area (Å²) >= 11 is 1.74. The van der Waals surface area contributed by atoms with E-state index in [-0.39, 0.29) is 12.5 Å². The number of benzene rings is 1. The SMILES string of the molecule is O=C(COC(=O)c1cccnc1)NCCCSc1ccccc1. The van der Waals surface area contributed by atoms with Crippen LogP contribution in [0, 0.1) is 0 Å². The molecule has 0 atom stereocenters. The van der Waals surface area contributed by atoms with Crippen molar-refractivity contribution >= 4 is 23.6 Å². The molecule has 0 unspecified atom stereocenters. The number of amides is 1. The monoisotopic (exact) mass is 330 g/mol. The van der Waals surface area contributed by atoms with Crippen LogP contribution in [0.2, 0.25) is 0 Å². The lowest BCUT2D eigenvalue weighted by Gasteiger charge is -2.06. The van der Waals surface area contributed by atoms with Crippen LogP contribution in [0.1, 0.15) is 16.8 Å². The molecule has 1 amide bonds. The zero-order chi connectivity index (χ0) is 16.3. The predicted molar refractivity (Wildman–Crippen MR) is 89.3 cm³/mol. The van der Waals surface area contributed by atoms with Crippen LogP contribution >= 0.6 is 11.8 Å². The largest absolute Gasteiger partial charge is 0.452 e. The van der Waals surface area contributed by atoms with Gasteiger partial charge >= 0.3 is 5.97 Å². The number of esters is 1. The molecule has 2 rings (SSSR count). The van der Waals surface area contributed by atoms with Crippen molar-refractivity contribution in [2.75, 3.05) is 18.9 Å². The lowest BCUT2D eigenvalue weighted by Crippen LogP contribution is -2.29. The number of hydrogen-bond donors (Lipinski definition) is 1. The molecule has 0 aliphatic heterocycles. The summed E-state index contributed by atoms with van der Waals surface area (Å²) in [4.78, 5) is 28.3.